The number of nitrogens with one attached hydrogen (secondary N) is 1. The second-order valence-electron chi connectivity index (χ2n) is 6.65. The zero-order valence-corrected chi connectivity index (χ0v) is 14.3. The Morgan fingerprint density at radius 3 is 2.38 bits per heavy atom. The zero-order valence-electron chi connectivity index (χ0n) is 14.3. The maximum absolute atomic E-state index is 12.6. The van der Waals surface area contributed by atoms with E-state index in [-0.39, 0.29) is 18.4 Å². The topological polar surface area (TPSA) is 32.3 Å². The average Bonchev–Trinajstić information content (AvgIpc) is 3.02. The first-order chi connectivity index (χ1) is 12.4. The lowest BCUT2D eigenvalue weighted by atomic mass is 10.1. The van der Waals surface area contributed by atoms with Crippen LogP contribution in [0.15, 0.2) is 54.6 Å². The summed E-state index contributed by atoms with van der Waals surface area (Å²) < 4.78 is 37.7. The van der Waals surface area contributed by atoms with Crippen molar-refractivity contribution < 1.29 is 18.0 Å². The van der Waals surface area contributed by atoms with Crippen LogP contribution >= 0.6 is 0 Å². The van der Waals surface area contributed by atoms with Gasteiger partial charge in [-0.15, -0.1) is 0 Å². The van der Waals surface area contributed by atoms with Crippen LogP contribution in [0.3, 0.4) is 0 Å². The fourth-order valence-corrected chi connectivity index (χ4v) is 3.21. The Kier molecular flexibility index (Phi) is 5.61. The molecule has 0 radical (unpaired) electrons. The van der Waals surface area contributed by atoms with Gasteiger partial charge in [0.2, 0.25) is 5.91 Å². The largest absolute Gasteiger partial charge is 0.416 e. The number of alkyl halides is 3. The van der Waals surface area contributed by atoms with Crippen LogP contribution in [-0.2, 0) is 23.9 Å². The van der Waals surface area contributed by atoms with Crippen molar-refractivity contribution in [2.24, 2.45) is 0 Å². The molecule has 6 heteroatoms. The fraction of sp³-hybridized carbons (Fsp3) is 0.350. The molecule has 3 rings (SSSR count). The van der Waals surface area contributed by atoms with Gasteiger partial charge in [0.05, 0.1) is 12.0 Å². The number of hydrogen-bond acceptors (Lipinski definition) is 2. The second-order valence-corrected chi connectivity index (χ2v) is 6.65. The van der Waals surface area contributed by atoms with E-state index in [1.54, 1.807) is 0 Å². The van der Waals surface area contributed by atoms with Gasteiger partial charge in [-0.2, -0.15) is 13.2 Å². The Morgan fingerprint density at radius 2 is 1.73 bits per heavy atom. The van der Waals surface area contributed by atoms with Gasteiger partial charge in [0.15, 0.2) is 0 Å². The number of hydrogen-bond donors (Lipinski definition) is 1. The molecule has 1 unspecified atom stereocenters. The van der Waals surface area contributed by atoms with Crippen LogP contribution < -0.4 is 5.32 Å². The zero-order chi connectivity index (χ0) is 18.6. The highest BCUT2D eigenvalue weighted by atomic mass is 19.4. The number of rotatable bonds is 5. The molecule has 3 nitrogen and oxygen atoms in total. The standard InChI is InChI=1S/C20H21F3N2O/c21-20(22,23)17-8-6-15(7-9-17)12-19(26)24-18-10-11-25(14-18)13-16-4-2-1-3-5-16/h1-9,18H,10-14H2,(H,24,26). The second kappa shape index (κ2) is 7.91. The molecule has 1 fully saturated rings. The lowest BCUT2D eigenvalue weighted by Crippen LogP contribution is -2.37. The Morgan fingerprint density at radius 1 is 1.04 bits per heavy atom. The molecule has 26 heavy (non-hydrogen) atoms. The van der Waals surface area contributed by atoms with E-state index < -0.39 is 11.7 Å². The summed E-state index contributed by atoms with van der Waals surface area (Å²) in [5.41, 5.74) is 1.12. The van der Waals surface area contributed by atoms with E-state index in [4.69, 9.17) is 0 Å². The SMILES string of the molecule is O=C(Cc1ccc(C(F)(F)F)cc1)NC1CCN(Cc2ccccc2)C1. The molecule has 1 N–H and O–H groups in total. The van der Waals surface area contributed by atoms with Gasteiger partial charge in [0.25, 0.3) is 0 Å². The molecule has 1 atom stereocenters. The van der Waals surface area contributed by atoms with E-state index in [0.717, 1.165) is 38.2 Å². The monoisotopic (exact) mass is 362 g/mol. The maximum atomic E-state index is 12.6. The summed E-state index contributed by atoms with van der Waals surface area (Å²) in [4.78, 5) is 14.5. The Hall–Kier alpha value is -2.34. The molecule has 1 amide bonds. The molecule has 138 valence electrons. The van der Waals surface area contributed by atoms with Crippen LogP contribution in [0, 0.1) is 0 Å². The first-order valence-electron chi connectivity index (χ1n) is 8.62. The first-order valence-corrected chi connectivity index (χ1v) is 8.62. The van der Waals surface area contributed by atoms with Gasteiger partial charge in [0.1, 0.15) is 0 Å². The number of nitrogens with zero attached hydrogens (tertiary/aromatic N) is 1. The van der Waals surface area contributed by atoms with Crippen molar-refractivity contribution in [3.8, 4) is 0 Å². The van der Waals surface area contributed by atoms with Crippen molar-refractivity contribution in [3.63, 3.8) is 0 Å². The molecule has 1 aliphatic heterocycles. The Bertz CT molecular complexity index is 729. The number of likely N-dealkylation sites (tertiary alicyclic amines) is 1. The van der Waals surface area contributed by atoms with E-state index in [1.807, 2.05) is 18.2 Å². The number of halogens is 3. The van der Waals surface area contributed by atoms with E-state index in [1.165, 1.54) is 17.7 Å². The van der Waals surface area contributed by atoms with Crippen LogP contribution in [0.25, 0.3) is 0 Å². The van der Waals surface area contributed by atoms with Gasteiger partial charge in [0, 0.05) is 25.7 Å². The molecule has 0 bridgehead atoms. The van der Waals surface area contributed by atoms with Crippen LogP contribution in [0.1, 0.15) is 23.1 Å². The predicted molar refractivity (Wildman–Crippen MR) is 93.4 cm³/mol. The first kappa shape index (κ1) is 18.5. The van der Waals surface area contributed by atoms with E-state index >= 15 is 0 Å². The van der Waals surface area contributed by atoms with Crippen LogP contribution in [0.2, 0.25) is 0 Å². The average molecular weight is 362 g/mol. The van der Waals surface area contributed by atoms with Gasteiger partial charge in [-0.25, -0.2) is 0 Å². The van der Waals surface area contributed by atoms with Gasteiger partial charge in [-0.05, 0) is 29.7 Å². The number of carbonyl (C=O) groups excluding carboxylic acids is 1. The third-order valence-electron chi connectivity index (χ3n) is 4.53. The highest BCUT2D eigenvalue weighted by Crippen LogP contribution is 2.29. The fourth-order valence-electron chi connectivity index (χ4n) is 3.21. The summed E-state index contributed by atoms with van der Waals surface area (Å²) in [7, 11) is 0. The molecule has 2 aromatic carbocycles. The van der Waals surface area contributed by atoms with E-state index in [9.17, 15) is 18.0 Å². The van der Waals surface area contributed by atoms with Crippen molar-refractivity contribution in [1.29, 1.82) is 0 Å². The molecule has 0 saturated carbocycles. The normalized spacial score (nSPS) is 18.0. The lowest BCUT2D eigenvalue weighted by molar-refractivity contribution is -0.137. The van der Waals surface area contributed by atoms with Gasteiger partial charge in [-0.1, -0.05) is 42.5 Å². The molecular weight excluding hydrogens is 341 g/mol. The van der Waals surface area contributed by atoms with Gasteiger partial charge in [-0.3, -0.25) is 9.69 Å². The number of benzene rings is 2. The van der Waals surface area contributed by atoms with Crippen molar-refractivity contribution in [1.82, 2.24) is 10.2 Å². The quantitative estimate of drug-likeness (QED) is 0.881. The third kappa shape index (κ3) is 5.08. The summed E-state index contributed by atoms with van der Waals surface area (Å²) in [5, 5.41) is 2.99. The highest BCUT2D eigenvalue weighted by Gasteiger charge is 2.30. The highest BCUT2D eigenvalue weighted by molar-refractivity contribution is 5.78. The predicted octanol–water partition coefficient (Wildman–Crippen LogP) is 3.64. The van der Waals surface area contributed by atoms with Crippen molar-refractivity contribution >= 4 is 5.91 Å². The van der Waals surface area contributed by atoms with Crippen molar-refractivity contribution in [3.05, 3.63) is 71.3 Å². The minimum Gasteiger partial charge on any atom is -0.352 e. The molecule has 1 saturated heterocycles. The Labute approximate surface area is 150 Å². The minimum atomic E-state index is -4.35. The van der Waals surface area contributed by atoms with Gasteiger partial charge < -0.3 is 5.32 Å². The van der Waals surface area contributed by atoms with Gasteiger partial charge >= 0.3 is 6.18 Å². The summed E-state index contributed by atoms with van der Waals surface area (Å²) in [6.45, 7) is 2.56. The molecule has 0 spiro atoms. The number of carbonyl (C=O) groups is 1. The minimum absolute atomic E-state index is 0.0839. The molecule has 0 aromatic heterocycles. The van der Waals surface area contributed by atoms with E-state index in [2.05, 4.69) is 22.3 Å². The summed E-state index contributed by atoms with van der Waals surface area (Å²) in [6, 6.07) is 15.0. The maximum Gasteiger partial charge on any atom is 0.416 e. The third-order valence-corrected chi connectivity index (χ3v) is 4.53. The number of amides is 1. The van der Waals surface area contributed by atoms with Crippen LogP contribution in [-0.4, -0.2) is 29.9 Å². The van der Waals surface area contributed by atoms with Crippen molar-refractivity contribution in [2.75, 3.05) is 13.1 Å². The Balaban J connectivity index is 1.47. The van der Waals surface area contributed by atoms with E-state index in [0.29, 0.717) is 5.56 Å². The van der Waals surface area contributed by atoms with Crippen LogP contribution in [0.4, 0.5) is 13.2 Å². The summed E-state index contributed by atoms with van der Waals surface area (Å²) in [6.07, 6.45) is -3.38. The summed E-state index contributed by atoms with van der Waals surface area (Å²) >= 11 is 0. The summed E-state index contributed by atoms with van der Waals surface area (Å²) in [5.74, 6) is -0.156. The lowest BCUT2D eigenvalue weighted by Gasteiger charge is -2.17. The molecule has 1 heterocycles. The molecule has 0 aliphatic carbocycles. The molecular formula is C20H21F3N2O. The molecule has 2 aromatic rings. The van der Waals surface area contributed by atoms with Crippen molar-refractivity contribution in [2.45, 2.75) is 31.6 Å². The molecule has 1 aliphatic rings. The van der Waals surface area contributed by atoms with Crippen LogP contribution in [0.5, 0.6) is 0 Å². The smallest absolute Gasteiger partial charge is 0.352 e.